The summed E-state index contributed by atoms with van der Waals surface area (Å²) in [6.45, 7) is 2.47. The van der Waals surface area contributed by atoms with Crippen LogP contribution in [0.15, 0.2) is 65.2 Å². The van der Waals surface area contributed by atoms with E-state index in [1.54, 1.807) is 0 Å². The van der Waals surface area contributed by atoms with E-state index in [-0.39, 0.29) is 11.9 Å². The van der Waals surface area contributed by atoms with E-state index in [0.717, 1.165) is 46.9 Å². The van der Waals surface area contributed by atoms with E-state index in [0.29, 0.717) is 24.9 Å². The number of benzene rings is 2. The van der Waals surface area contributed by atoms with Gasteiger partial charge < -0.3 is 19.4 Å². The molecule has 0 bridgehead atoms. The lowest BCUT2D eigenvalue weighted by Gasteiger charge is -2.38. The van der Waals surface area contributed by atoms with Gasteiger partial charge in [-0.1, -0.05) is 36.8 Å². The molecule has 1 amide bonds. The average Bonchev–Trinajstić information content (AvgIpc) is 3.36. The van der Waals surface area contributed by atoms with Gasteiger partial charge in [0.05, 0.1) is 23.0 Å². The molecule has 6 heteroatoms. The SMILES string of the molecule is C[C@H](CCC1(C(=O)O)CCC1)NC(=O)c1cccc2ccn(Cc3cc4ccccc4o3)c12. The number of amides is 1. The molecule has 5 rings (SSSR count). The van der Waals surface area contributed by atoms with Gasteiger partial charge in [-0.15, -0.1) is 0 Å². The van der Waals surface area contributed by atoms with Gasteiger partial charge in [-0.25, -0.2) is 0 Å². The van der Waals surface area contributed by atoms with Gasteiger partial charge in [0, 0.05) is 23.0 Å². The molecule has 0 saturated heterocycles. The van der Waals surface area contributed by atoms with E-state index < -0.39 is 11.4 Å². The predicted octanol–water partition coefficient (Wildman–Crippen LogP) is 5.59. The summed E-state index contributed by atoms with van der Waals surface area (Å²) in [6, 6.07) is 17.6. The molecular formula is C27H28N2O4. The van der Waals surface area contributed by atoms with Crippen LogP contribution in [0.4, 0.5) is 0 Å². The molecule has 0 aliphatic heterocycles. The molecule has 1 aliphatic rings. The number of carbonyl (C=O) groups excluding carboxylic acids is 1. The Labute approximate surface area is 192 Å². The quantitative estimate of drug-likeness (QED) is 0.371. The predicted molar refractivity (Wildman–Crippen MR) is 127 cm³/mol. The molecule has 1 aliphatic carbocycles. The Balaban J connectivity index is 1.34. The molecule has 0 unspecified atom stereocenters. The summed E-state index contributed by atoms with van der Waals surface area (Å²) in [6.07, 6.45) is 5.65. The van der Waals surface area contributed by atoms with Gasteiger partial charge in [0.2, 0.25) is 0 Å². The second-order valence-electron chi connectivity index (χ2n) is 9.29. The van der Waals surface area contributed by atoms with Crippen molar-refractivity contribution >= 4 is 33.7 Å². The monoisotopic (exact) mass is 444 g/mol. The zero-order chi connectivity index (χ0) is 23.0. The minimum absolute atomic E-state index is 0.108. The standard InChI is InChI=1S/C27H28N2O4/c1-18(10-14-27(26(31)32)12-5-13-27)28-25(30)22-8-4-7-19-11-15-29(24(19)22)17-21-16-20-6-2-3-9-23(20)33-21/h2-4,6-9,11,15-16,18H,5,10,12-14,17H2,1H3,(H,28,30)(H,31,32)/t18-/m1/s1. The highest BCUT2D eigenvalue weighted by Gasteiger charge is 2.43. The first kappa shape index (κ1) is 21.3. The second-order valence-corrected chi connectivity index (χ2v) is 9.29. The van der Waals surface area contributed by atoms with Crippen LogP contribution in [0, 0.1) is 5.41 Å². The van der Waals surface area contributed by atoms with E-state index in [1.165, 1.54) is 0 Å². The van der Waals surface area contributed by atoms with E-state index in [4.69, 9.17) is 4.42 Å². The minimum atomic E-state index is -0.708. The maximum absolute atomic E-state index is 13.2. The minimum Gasteiger partial charge on any atom is -0.481 e. The summed E-state index contributed by atoms with van der Waals surface area (Å²) >= 11 is 0. The smallest absolute Gasteiger partial charge is 0.309 e. The van der Waals surface area contributed by atoms with Crippen molar-refractivity contribution in [3.63, 3.8) is 0 Å². The number of fused-ring (bicyclic) bond motifs is 2. The number of nitrogens with zero attached hydrogens (tertiary/aromatic N) is 1. The Morgan fingerprint density at radius 2 is 1.91 bits per heavy atom. The van der Waals surface area contributed by atoms with Crippen LogP contribution in [-0.2, 0) is 11.3 Å². The Morgan fingerprint density at radius 1 is 1.12 bits per heavy atom. The van der Waals surface area contributed by atoms with E-state index in [2.05, 4.69) is 5.32 Å². The lowest BCUT2D eigenvalue weighted by Crippen LogP contribution is -2.40. The number of furan rings is 1. The Kier molecular flexibility index (Phi) is 5.44. The maximum Gasteiger partial charge on any atom is 0.309 e. The summed E-state index contributed by atoms with van der Waals surface area (Å²) in [5.74, 6) is -0.0205. The highest BCUT2D eigenvalue weighted by Crippen LogP contribution is 2.45. The molecule has 2 aromatic carbocycles. The van der Waals surface area contributed by atoms with Crippen molar-refractivity contribution in [3.05, 3.63) is 72.1 Å². The van der Waals surface area contributed by atoms with Gasteiger partial charge in [0.1, 0.15) is 11.3 Å². The number of aromatic nitrogens is 1. The third-order valence-electron chi connectivity index (χ3n) is 7.03. The molecule has 33 heavy (non-hydrogen) atoms. The number of carbonyl (C=O) groups is 2. The van der Waals surface area contributed by atoms with Crippen LogP contribution in [0.5, 0.6) is 0 Å². The number of carboxylic acids is 1. The lowest BCUT2D eigenvalue weighted by molar-refractivity contribution is -0.155. The van der Waals surface area contributed by atoms with E-state index >= 15 is 0 Å². The molecule has 0 radical (unpaired) electrons. The third kappa shape index (κ3) is 4.01. The number of aliphatic carboxylic acids is 1. The summed E-state index contributed by atoms with van der Waals surface area (Å²) in [5.41, 5.74) is 1.72. The van der Waals surface area contributed by atoms with Gasteiger partial charge in [0.15, 0.2) is 0 Å². The molecule has 2 aromatic heterocycles. The first-order valence-corrected chi connectivity index (χ1v) is 11.5. The van der Waals surface area contributed by atoms with Crippen LogP contribution in [0.25, 0.3) is 21.9 Å². The van der Waals surface area contributed by atoms with Gasteiger partial charge in [0.25, 0.3) is 5.91 Å². The molecule has 170 valence electrons. The van der Waals surface area contributed by atoms with Crippen LogP contribution in [0.3, 0.4) is 0 Å². The normalized spacial score (nSPS) is 15.9. The number of carboxylic acid groups (broad SMARTS) is 1. The van der Waals surface area contributed by atoms with Gasteiger partial charge in [-0.3, -0.25) is 9.59 Å². The van der Waals surface area contributed by atoms with Crippen molar-refractivity contribution in [2.45, 2.75) is 51.6 Å². The number of hydrogen-bond donors (Lipinski definition) is 2. The fraction of sp³-hybridized carbons (Fsp3) is 0.333. The van der Waals surface area contributed by atoms with Gasteiger partial charge >= 0.3 is 5.97 Å². The van der Waals surface area contributed by atoms with Crippen LogP contribution in [0.2, 0.25) is 0 Å². The first-order chi connectivity index (χ1) is 15.9. The summed E-state index contributed by atoms with van der Waals surface area (Å²) < 4.78 is 8.03. The van der Waals surface area contributed by atoms with Crippen LogP contribution in [-0.4, -0.2) is 27.6 Å². The summed E-state index contributed by atoms with van der Waals surface area (Å²) in [5, 5.41) is 14.7. The van der Waals surface area contributed by atoms with Crippen molar-refractivity contribution in [3.8, 4) is 0 Å². The fourth-order valence-corrected chi connectivity index (χ4v) is 4.90. The number of hydrogen-bond acceptors (Lipinski definition) is 3. The molecule has 1 fully saturated rings. The van der Waals surface area contributed by atoms with Crippen molar-refractivity contribution < 1.29 is 19.1 Å². The summed E-state index contributed by atoms with van der Waals surface area (Å²) in [7, 11) is 0. The lowest BCUT2D eigenvalue weighted by atomic mass is 9.66. The van der Waals surface area contributed by atoms with Gasteiger partial charge in [-0.05, 0) is 56.9 Å². The number of nitrogens with one attached hydrogen (secondary N) is 1. The van der Waals surface area contributed by atoms with Crippen molar-refractivity contribution in [1.29, 1.82) is 0 Å². The third-order valence-corrected chi connectivity index (χ3v) is 7.03. The second kappa shape index (κ2) is 8.43. The first-order valence-electron chi connectivity index (χ1n) is 11.5. The molecule has 4 aromatic rings. The highest BCUT2D eigenvalue weighted by molar-refractivity contribution is 6.06. The molecule has 2 heterocycles. The fourth-order valence-electron chi connectivity index (χ4n) is 4.90. The molecule has 2 N–H and O–H groups in total. The van der Waals surface area contributed by atoms with E-state index in [9.17, 15) is 14.7 Å². The Bertz CT molecular complexity index is 1300. The molecule has 1 atom stereocenters. The van der Waals surface area contributed by atoms with Crippen LogP contribution in [0.1, 0.15) is 55.1 Å². The van der Waals surface area contributed by atoms with Crippen molar-refractivity contribution in [2.75, 3.05) is 0 Å². The Morgan fingerprint density at radius 3 is 2.64 bits per heavy atom. The maximum atomic E-state index is 13.2. The van der Waals surface area contributed by atoms with Gasteiger partial charge in [-0.2, -0.15) is 0 Å². The zero-order valence-electron chi connectivity index (χ0n) is 18.7. The average molecular weight is 445 g/mol. The number of para-hydroxylation sites is 2. The van der Waals surface area contributed by atoms with Crippen molar-refractivity contribution in [2.24, 2.45) is 5.41 Å². The zero-order valence-corrected chi connectivity index (χ0v) is 18.7. The molecular weight excluding hydrogens is 416 g/mol. The van der Waals surface area contributed by atoms with Crippen LogP contribution < -0.4 is 5.32 Å². The molecule has 6 nitrogen and oxygen atoms in total. The molecule has 1 saturated carbocycles. The van der Waals surface area contributed by atoms with Crippen LogP contribution >= 0.6 is 0 Å². The Hall–Kier alpha value is -3.54. The topological polar surface area (TPSA) is 84.5 Å². The van der Waals surface area contributed by atoms with Crippen molar-refractivity contribution in [1.82, 2.24) is 9.88 Å². The summed E-state index contributed by atoms with van der Waals surface area (Å²) in [4.78, 5) is 24.8. The molecule has 0 spiro atoms. The largest absolute Gasteiger partial charge is 0.481 e. The highest BCUT2D eigenvalue weighted by atomic mass is 16.4. The number of rotatable bonds is 8. The van der Waals surface area contributed by atoms with E-state index in [1.807, 2.05) is 72.3 Å².